The number of phosphoric ester groups is 1. The summed E-state index contributed by atoms with van der Waals surface area (Å²) in [6, 6.07) is 1.55. The fraction of sp³-hybridized carbons (Fsp3) is 0.455. The van der Waals surface area contributed by atoms with Crippen LogP contribution >= 0.6 is 15.6 Å². The Morgan fingerprint density at radius 2 is 2.00 bits per heavy atom. The van der Waals surface area contributed by atoms with Crippen LogP contribution in [0, 0.1) is 0 Å². The average molecular weight is 378 g/mol. The Labute approximate surface area is 136 Å². The first-order valence-electron chi connectivity index (χ1n) is 7.00. The molecule has 1 saturated carbocycles. The summed E-state index contributed by atoms with van der Waals surface area (Å²) in [5.41, 5.74) is 7.50. The fourth-order valence-electron chi connectivity index (χ4n) is 2.83. The van der Waals surface area contributed by atoms with Crippen molar-refractivity contribution in [1.82, 2.24) is 14.5 Å². The number of pyridine rings is 1. The number of nitrogens with zero attached hydrogens (tertiary/aromatic N) is 3. The number of hydrogen-bond acceptors (Lipinski definition) is 7. The number of imidazole rings is 1. The van der Waals surface area contributed by atoms with Crippen molar-refractivity contribution >= 4 is 32.5 Å². The third kappa shape index (κ3) is 3.84. The van der Waals surface area contributed by atoms with Gasteiger partial charge in [-0.3, -0.25) is 4.52 Å². The minimum atomic E-state index is -5.12. The predicted octanol–water partition coefficient (Wildman–Crippen LogP) is 1.33. The smallest absolute Gasteiger partial charge is 0.397 e. The van der Waals surface area contributed by atoms with Gasteiger partial charge in [0.05, 0.1) is 18.1 Å². The van der Waals surface area contributed by atoms with E-state index in [1.54, 1.807) is 23.2 Å². The molecule has 0 saturated heterocycles. The number of nitrogens with two attached hydrogens (primary N) is 1. The third-order valence-electron chi connectivity index (χ3n) is 3.73. The summed E-state index contributed by atoms with van der Waals surface area (Å²) in [6.07, 6.45) is 3.84. The van der Waals surface area contributed by atoms with Crippen LogP contribution in [-0.4, -0.2) is 35.3 Å². The molecule has 5 N–H and O–H groups in total. The molecule has 24 heavy (non-hydrogen) atoms. The molecule has 1 fully saturated rings. The summed E-state index contributed by atoms with van der Waals surface area (Å²) < 4.78 is 32.8. The Hall–Kier alpha value is -1.32. The molecule has 1 aliphatic carbocycles. The van der Waals surface area contributed by atoms with Crippen LogP contribution in [0.1, 0.15) is 25.3 Å². The highest BCUT2D eigenvalue weighted by Gasteiger charge is 2.38. The number of fused-ring (bicyclic) bond motifs is 1. The van der Waals surface area contributed by atoms with E-state index < -0.39 is 21.7 Å². The molecular formula is C11H16N4O7P2. The molecule has 2 unspecified atom stereocenters. The van der Waals surface area contributed by atoms with Gasteiger partial charge >= 0.3 is 15.6 Å². The number of anilines is 1. The van der Waals surface area contributed by atoms with Crippen molar-refractivity contribution in [2.45, 2.75) is 31.4 Å². The van der Waals surface area contributed by atoms with Gasteiger partial charge in [0.25, 0.3) is 0 Å². The van der Waals surface area contributed by atoms with Gasteiger partial charge in [-0.25, -0.2) is 19.1 Å². The maximum atomic E-state index is 11.6. The van der Waals surface area contributed by atoms with Gasteiger partial charge in [0.2, 0.25) is 0 Å². The zero-order valence-electron chi connectivity index (χ0n) is 12.3. The average Bonchev–Trinajstić information content (AvgIpc) is 3.02. The van der Waals surface area contributed by atoms with Crippen molar-refractivity contribution in [2.24, 2.45) is 0 Å². The number of aromatic nitrogens is 3. The first kappa shape index (κ1) is 17.5. The fourth-order valence-corrected chi connectivity index (χ4v) is 4.63. The molecule has 0 amide bonds. The first-order valence-corrected chi connectivity index (χ1v) is 10.0. The lowest BCUT2D eigenvalue weighted by molar-refractivity contribution is 0.128. The highest BCUT2D eigenvalue weighted by molar-refractivity contribution is 7.60. The maximum absolute atomic E-state index is 11.6. The molecule has 0 radical (unpaired) electrons. The second-order valence-corrected chi connectivity index (χ2v) is 8.24. The van der Waals surface area contributed by atoms with Gasteiger partial charge in [-0.15, -0.1) is 0 Å². The van der Waals surface area contributed by atoms with Gasteiger partial charge in [-0.2, -0.15) is 4.31 Å². The van der Waals surface area contributed by atoms with Gasteiger partial charge in [0.15, 0.2) is 5.65 Å². The Balaban J connectivity index is 1.72. The van der Waals surface area contributed by atoms with Crippen molar-refractivity contribution in [1.29, 1.82) is 0 Å². The summed E-state index contributed by atoms with van der Waals surface area (Å²) >= 11 is 0. The summed E-state index contributed by atoms with van der Waals surface area (Å²) in [6.45, 7) is 0. The normalized spacial score (nSPS) is 24.3. The highest BCUT2D eigenvalue weighted by atomic mass is 31.3. The molecule has 3 rings (SSSR count). The van der Waals surface area contributed by atoms with Crippen LogP contribution in [0.4, 0.5) is 5.69 Å². The van der Waals surface area contributed by atoms with Crippen LogP contribution in [0.3, 0.4) is 0 Å². The summed E-state index contributed by atoms with van der Waals surface area (Å²) in [4.78, 5) is 35.1. The van der Waals surface area contributed by atoms with Gasteiger partial charge in [0, 0.05) is 12.2 Å². The molecule has 0 bridgehead atoms. The topological polar surface area (TPSA) is 170 Å². The standard InChI is InChI=1S/C11H16N4O7P2/c12-9-3-4-13-11-10(9)14-6-15(11)7-1-2-8(5-7)21-24(19,20)22-23(16,17)18/h3-4,6-8H,1-2,5H2,(H2,12,13)(H,19,20)(H2,16,17,18)/t7-,8?/m1/s1. The second-order valence-electron chi connectivity index (χ2n) is 5.46. The van der Waals surface area contributed by atoms with Crippen molar-refractivity contribution in [3.63, 3.8) is 0 Å². The quantitative estimate of drug-likeness (QED) is 0.557. The van der Waals surface area contributed by atoms with Crippen LogP contribution in [0.2, 0.25) is 0 Å². The lowest BCUT2D eigenvalue weighted by atomic mass is 10.2. The van der Waals surface area contributed by atoms with E-state index in [-0.39, 0.29) is 6.04 Å². The zero-order chi connectivity index (χ0) is 17.5. The largest absolute Gasteiger partial charge is 0.481 e. The molecule has 2 heterocycles. The lowest BCUT2D eigenvalue weighted by Gasteiger charge is -2.17. The molecule has 0 aliphatic heterocycles. The zero-order valence-corrected chi connectivity index (χ0v) is 14.1. The maximum Gasteiger partial charge on any atom is 0.481 e. The van der Waals surface area contributed by atoms with Crippen LogP contribution in [0.15, 0.2) is 18.6 Å². The Kier molecular flexibility index (Phi) is 4.52. The van der Waals surface area contributed by atoms with Gasteiger partial charge in [0.1, 0.15) is 5.52 Å². The van der Waals surface area contributed by atoms with Crippen LogP contribution < -0.4 is 5.73 Å². The molecular weight excluding hydrogens is 362 g/mol. The molecule has 2 aromatic heterocycles. The van der Waals surface area contributed by atoms with Crippen molar-refractivity contribution in [3.8, 4) is 0 Å². The van der Waals surface area contributed by atoms with E-state index in [1.807, 2.05) is 0 Å². The van der Waals surface area contributed by atoms with E-state index in [4.69, 9.17) is 20.0 Å². The molecule has 2 aromatic rings. The molecule has 0 spiro atoms. The van der Waals surface area contributed by atoms with E-state index in [9.17, 15) is 14.0 Å². The Bertz CT molecular complexity index is 850. The van der Waals surface area contributed by atoms with E-state index in [0.29, 0.717) is 36.1 Å². The number of phosphoric acid groups is 2. The summed E-state index contributed by atoms with van der Waals surface area (Å²) in [5, 5.41) is 0. The molecule has 11 nitrogen and oxygen atoms in total. The Morgan fingerprint density at radius 1 is 1.25 bits per heavy atom. The molecule has 132 valence electrons. The molecule has 3 atom stereocenters. The van der Waals surface area contributed by atoms with E-state index in [1.165, 1.54) is 0 Å². The van der Waals surface area contributed by atoms with E-state index in [2.05, 4.69) is 14.3 Å². The SMILES string of the molecule is Nc1ccnc2c1ncn2[C@@H]1CCC(OP(=O)(O)OP(=O)(O)O)C1. The summed E-state index contributed by atoms with van der Waals surface area (Å²) in [7, 11) is -9.97. The molecule has 1 aliphatic rings. The van der Waals surface area contributed by atoms with Gasteiger partial charge in [-0.1, -0.05) is 0 Å². The first-order chi connectivity index (χ1) is 11.1. The van der Waals surface area contributed by atoms with Crippen LogP contribution in [0.25, 0.3) is 11.2 Å². The second kappa shape index (κ2) is 6.20. The van der Waals surface area contributed by atoms with Gasteiger partial charge < -0.3 is 25.0 Å². The number of rotatable bonds is 5. The minimum Gasteiger partial charge on any atom is -0.397 e. The lowest BCUT2D eigenvalue weighted by Crippen LogP contribution is -2.10. The van der Waals surface area contributed by atoms with Crippen molar-refractivity contribution in [2.75, 3.05) is 5.73 Å². The van der Waals surface area contributed by atoms with Gasteiger partial charge in [-0.05, 0) is 25.3 Å². The predicted molar refractivity (Wildman–Crippen MR) is 82.7 cm³/mol. The third-order valence-corrected chi connectivity index (χ3v) is 5.97. The summed E-state index contributed by atoms with van der Waals surface area (Å²) in [5.74, 6) is 0. The van der Waals surface area contributed by atoms with Crippen molar-refractivity contribution < 1.29 is 32.6 Å². The number of hydrogen-bond donors (Lipinski definition) is 4. The number of nitrogen functional groups attached to an aromatic ring is 1. The van der Waals surface area contributed by atoms with Crippen molar-refractivity contribution in [3.05, 3.63) is 18.6 Å². The monoisotopic (exact) mass is 378 g/mol. The Morgan fingerprint density at radius 3 is 2.71 bits per heavy atom. The van der Waals surface area contributed by atoms with Crippen LogP contribution in [0.5, 0.6) is 0 Å². The molecule has 0 aromatic carbocycles. The molecule has 13 heteroatoms. The highest BCUT2D eigenvalue weighted by Crippen LogP contribution is 2.59. The van der Waals surface area contributed by atoms with E-state index in [0.717, 1.165) is 0 Å². The minimum absolute atomic E-state index is 0.0932. The van der Waals surface area contributed by atoms with E-state index >= 15 is 0 Å². The van der Waals surface area contributed by atoms with Crippen LogP contribution in [-0.2, 0) is 18.0 Å².